The van der Waals surface area contributed by atoms with Crippen LogP contribution in [0.3, 0.4) is 0 Å². The van der Waals surface area contributed by atoms with Crippen molar-refractivity contribution < 1.29 is 18.7 Å². The third kappa shape index (κ3) is 3.56. The van der Waals surface area contributed by atoms with E-state index in [9.17, 15) is 14.4 Å². The number of nitrogens with zero attached hydrogens (tertiary/aromatic N) is 2. The fraction of sp³-hybridized carbons (Fsp3) is 0.353. The molecular weight excluding hydrogens is 312 g/mol. The van der Waals surface area contributed by atoms with Crippen molar-refractivity contribution in [1.82, 2.24) is 9.80 Å². The molecule has 0 N–H and O–H groups in total. The van der Waals surface area contributed by atoms with Crippen molar-refractivity contribution in [3.05, 3.63) is 40.8 Å². The van der Waals surface area contributed by atoms with Gasteiger partial charge in [-0.3, -0.25) is 9.59 Å². The first-order valence-corrected chi connectivity index (χ1v) is 7.73. The van der Waals surface area contributed by atoms with Gasteiger partial charge in [-0.1, -0.05) is 0 Å². The first-order valence-electron chi connectivity index (χ1n) is 7.73. The van der Waals surface area contributed by atoms with Crippen LogP contribution in [0.25, 0.3) is 11.0 Å². The van der Waals surface area contributed by atoms with Gasteiger partial charge in [0.2, 0.25) is 5.91 Å². The normalized spacial score (nSPS) is 14.7. The van der Waals surface area contributed by atoms with E-state index in [1.807, 2.05) is 0 Å². The van der Waals surface area contributed by atoms with Gasteiger partial charge in [-0.15, -0.1) is 0 Å². The van der Waals surface area contributed by atoms with E-state index in [0.717, 1.165) is 5.39 Å². The Hall–Kier alpha value is -2.83. The molecule has 0 unspecified atom stereocenters. The Bertz CT molecular complexity index is 821. The maximum Gasteiger partial charge on any atom is 0.336 e. The molecule has 0 radical (unpaired) electrons. The standard InChI is InChI=1S/C17H18N2O5/c1-12(20)18-6-8-19(9-7-18)16(21)11-23-14-4-2-13-3-5-17(22)24-15(13)10-14/h2-5,10H,6-9,11H2,1H3. The predicted molar refractivity (Wildman–Crippen MR) is 86.8 cm³/mol. The molecule has 0 bridgehead atoms. The quantitative estimate of drug-likeness (QED) is 0.780. The van der Waals surface area contributed by atoms with E-state index in [1.54, 1.807) is 34.1 Å². The van der Waals surface area contributed by atoms with Crippen LogP contribution in [0.1, 0.15) is 6.92 Å². The molecule has 24 heavy (non-hydrogen) atoms. The molecular formula is C17H18N2O5. The molecule has 0 spiro atoms. The molecule has 0 saturated carbocycles. The number of fused-ring (bicyclic) bond motifs is 1. The first kappa shape index (κ1) is 16.0. The number of piperazine rings is 1. The second-order valence-corrected chi connectivity index (χ2v) is 5.63. The topological polar surface area (TPSA) is 80.1 Å². The number of hydrogen-bond donors (Lipinski definition) is 0. The van der Waals surface area contributed by atoms with Crippen LogP contribution < -0.4 is 10.4 Å². The number of carbonyl (C=O) groups excluding carboxylic acids is 2. The number of amides is 2. The minimum atomic E-state index is -0.431. The average molecular weight is 330 g/mol. The van der Waals surface area contributed by atoms with Crippen molar-refractivity contribution in [2.75, 3.05) is 32.8 Å². The highest BCUT2D eigenvalue weighted by atomic mass is 16.5. The highest BCUT2D eigenvalue weighted by molar-refractivity contribution is 5.80. The minimum absolute atomic E-state index is 0.0241. The summed E-state index contributed by atoms with van der Waals surface area (Å²) in [6.07, 6.45) is 0. The molecule has 3 rings (SSSR count). The van der Waals surface area contributed by atoms with E-state index in [1.165, 1.54) is 13.0 Å². The van der Waals surface area contributed by atoms with E-state index in [4.69, 9.17) is 9.15 Å². The number of rotatable bonds is 3. The Labute approximate surface area is 138 Å². The molecule has 1 aromatic carbocycles. The first-order chi connectivity index (χ1) is 11.5. The van der Waals surface area contributed by atoms with E-state index in [0.29, 0.717) is 37.5 Å². The minimum Gasteiger partial charge on any atom is -0.484 e. The fourth-order valence-corrected chi connectivity index (χ4v) is 2.64. The lowest BCUT2D eigenvalue weighted by Crippen LogP contribution is -2.51. The molecule has 1 aromatic heterocycles. The summed E-state index contributed by atoms with van der Waals surface area (Å²) in [5, 5.41) is 0.786. The summed E-state index contributed by atoms with van der Waals surface area (Å²) in [6.45, 7) is 3.54. The van der Waals surface area contributed by atoms with Gasteiger partial charge >= 0.3 is 5.63 Å². The lowest BCUT2D eigenvalue weighted by atomic mass is 10.2. The Kier molecular flexibility index (Phi) is 4.50. The predicted octanol–water partition coefficient (Wildman–Crippen LogP) is 0.862. The molecule has 1 aliphatic heterocycles. The lowest BCUT2D eigenvalue weighted by Gasteiger charge is -2.34. The average Bonchev–Trinajstić information content (AvgIpc) is 2.59. The zero-order valence-corrected chi connectivity index (χ0v) is 13.4. The van der Waals surface area contributed by atoms with Crippen LogP contribution in [0, 0.1) is 0 Å². The fourth-order valence-electron chi connectivity index (χ4n) is 2.64. The van der Waals surface area contributed by atoms with Gasteiger partial charge in [0.1, 0.15) is 11.3 Å². The number of carbonyl (C=O) groups is 2. The van der Waals surface area contributed by atoms with Gasteiger partial charge in [0, 0.05) is 50.6 Å². The highest BCUT2D eigenvalue weighted by Gasteiger charge is 2.22. The Morgan fingerprint density at radius 1 is 1.08 bits per heavy atom. The van der Waals surface area contributed by atoms with E-state index < -0.39 is 5.63 Å². The van der Waals surface area contributed by atoms with Gasteiger partial charge < -0.3 is 19.0 Å². The second kappa shape index (κ2) is 6.74. The van der Waals surface area contributed by atoms with Crippen LogP contribution >= 0.6 is 0 Å². The third-order valence-corrected chi connectivity index (χ3v) is 4.03. The van der Waals surface area contributed by atoms with Crippen LogP contribution in [0.15, 0.2) is 39.5 Å². The van der Waals surface area contributed by atoms with Crippen molar-refractivity contribution in [3.63, 3.8) is 0 Å². The van der Waals surface area contributed by atoms with Crippen molar-refractivity contribution in [1.29, 1.82) is 0 Å². The zero-order chi connectivity index (χ0) is 17.1. The molecule has 0 atom stereocenters. The summed E-state index contributed by atoms with van der Waals surface area (Å²) >= 11 is 0. The molecule has 1 fully saturated rings. The summed E-state index contributed by atoms with van der Waals surface area (Å²) in [7, 11) is 0. The zero-order valence-electron chi connectivity index (χ0n) is 13.4. The highest BCUT2D eigenvalue weighted by Crippen LogP contribution is 2.19. The van der Waals surface area contributed by atoms with E-state index in [-0.39, 0.29) is 18.4 Å². The van der Waals surface area contributed by atoms with Crippen LogP contribution in [0.5, 0.6) is 5.75 Å². The summed E-state index contributed by atoms with van der Waals surface area (Å²) in [5.41, 5.74) is -0.0124. The molecule has 0 aliphatic carbocycles. The van der Waals surface area contributed by atoms with Gasteiger partial charge in [0.15, 0.2) is 6.61 Å². The third-order valence-electron chi connectivity index (χ3n) is 4.03. The molecule has 7 nitrogen and oxygen atoms in total. The maximum absolute atomic E-state index is 12.2. The van der Waals surface area contributed by atoms with E-state index in [2.05, 4.69) is 0 Å². The summed E-state index contributed by atoms with van der Waals surface area (Å²) in [6, 6.07) is 8.11. The largest absolute Gasteiger partial charge is 0.484 e. The Morgan fingerprint density at radius 3 is 2.46 bits per heavy atom. The number of hydrogen-bond acceptors (Lipinski definition) is 5. The second-order valence-electron chi connectivity index (χ2n) is 5.63. The molecule has 1 aliphatic rings. The maximum atomic E-state index is 12.2. The molecule has 126 valence electrons. The smallest absolute Gasteiger partial charge is 0.336 e. The monoisotopic (exact) mass is 330 g/mol. The van der Waals surface area contributed by atoms with Crippen molar-refractivity contribution in [2.24, 2.45) is 0 Å². The molecule has 2 heterocycles. The van der Waals surface area contributed by atoms with Crippen LogP contribution in [0.2, 0.25) is 0 Å². The van der Waals surface area contributed by atoms with Gasteiger partial charge in [0.25, 0.3) is 5.91 Å². The van der Waals surface area contributed by atoms with E-state index >= 15 is 0 Å². The molecule has 1 saturated heterocycles. The summed E-state index contributed by atoms with van der Waals surface area (Å²) in [4.78, 5) is 38.1. The van der Waals surface area contributed by atoms with Crippen molar-refractivity contribution in [3.8, 4) is 5.75 Å². The summed E-state index contributed by atoms with van der Waals surface area (Å²) < 4.78 is 10.6. The number of ether oxygens (including phenoxy) is 1. The van der Waals surface area contributed by atoms with Crippen LogP contribution in [0.4, 0.5) is 0 Å². The molecule has 2 aromatic rings. The van der Waals surface area contributed by atoms with Crippen molar-refractivity contribution >= 4 is 22.8 Å². The van der Waals surface area contributed by atoms with Gasteiger partial charge in [-0.05, 0) is 18.2 Å². The van der Waals surface area contributed by atoms with Crippen molar-refractivity contribution in [2.45, 2.75) is 6.92 Å². The molecule has 2 amide bonds. The molecule has 7 heteroatoms. The van der Waals surface area contributed by atoms with Gasteiger partial charge in [-0.25, -0.2) is 4.79 Å². The van der Waals surface area contributed by atoms with Gasteiger partial charge in [0.05, 0.1) is 0 Å². The van der Waals surface area contributed by atoms with Crippen LogP contribution in [-0.2, 0) is 9.59 Å². The van der Waals surface area contributed by atoms with Crippen LogP contribution in [-0.4, -0.2) is 54.4 Å². The lowest BCUT2D eigenvalue weighted by molar-refractivity contribution is -0.139. The van der Waals surface area contributed by atoms with Gasteiger partial charge in [-0.2, -0.15) is 0 Å². The number of benzene rings is 1. The summed E-state index contributed by atoms with van der Waals surface area (Å²) in [5.74, 6) is 0.358. The SMILES string of the molecule is CC(=O)N1CCN(C(=O)COc2ccc3ccc(=O)oc3c2)CC1. The Balaban J connectivity index is 1.58. The Morgan fingerprint density at radius 2 is 1.75 bits per heavy atom.